The Morgan fingerprint density at radius 3 is 2.62 bits per heavy atom. The Hall–Kier alpha value is -1.17. The van der Waals surface area contributed by atoms with E-state index < -0.39 is 0 Å². The van der Waals surface area contributed by atoms with Gasteiger partial charge in [-0.2, -0.15) is 0 Å². The third kappa shape index (κ3) is 3.59. The average Bonchev–Trinajstić information content (AvgIpc) is 3.11. The van der Waals surface area contributed by atoms with E-state index in [1.54, 1.807) is 6.92 Å². The number of benzene rings is 1. The van der Waals surface area contributed by atoms with Crippen LogP contribution in [0.2, 0.25) is 0 Å². The number of hydrogen-bond donors (Lipinski definition) is 0. The van der Waals surface area contributed by atoms with Crippen LogP contribution >= 0.6 is 22.6 Å². The molecule has 5 rings (SSSR count). The molecule has 0 saturated heterocycles. The normalized spacial score (nSPS) is 40.5. The van der Waals surface area contributed by atoms with Crippen molar-refractivity contribution in [2.75, 3.05) is 0 Å². The van der Waals surface area contributed by atoms with Gasteiger partial charge in [-0.1, -0.05) is 26.0 Å². The van der Waals surface area contributed by atoms with Crippen LogP contribution in [0.4, 0.5) is 0 Å². The summed E-state index contributed by atoms with van der Waals surface area (Å²) in [6.07, 6.45) is 11.4. The van der Waals surface area contributed by atoms with Crippen LogP contribution in [0, 0.1) is 38.1 Å². The van der Waals surface area contributed by atoms with Gasteiger partial charge in [0.1, 0.15) is 6.10 Å². The van der Waals surface area contributed by atoms with Crippen LogP contribution in [0.25, 0.3) is 0 Å². The Morgan fingerprint density at radius 1 is 1.06 bits per heavy atom. The highest BCUT2D eigenvalue weighted by Gasteiger charge is 2.59. The van der Waals surface area contributed by atoms with Crippen LogP contribution in [0.15, 0.2) is 35.9 Å². The average molecular weight is 546 g/mol. The van der Waals surface area contributed by atoms with Crippen molar-refractivity contribution in [2.24, 2.45) is 34.5 Å². The van der Waals surface area contributed by atoms with Gasteiger partial charge >= 0.3 is 5.97 Å². The zero-order valence-electron chi connectivity index (χ0n) is 19.5. The third-order valence-electron chi connectivity index (χ3n) is 9.91. The molecule has 0 aromatic heterocycles. The SMILES string of the molecule is CC(=O)C1=CC[C@H]2[C@@H]3CC[C@H]4C[C@@H](OC(=O)c5cccc(I)c5)CC[C@]4(C)[C@H]3CC[C@]12C. The van der Waals surface area contributed by atoms with E-state index in [4.69, 9.17) is 4.74 Å². The summed E-state index contributed by atoms with van der Waals surface area (Å²) in [6, 6.07) is 7.68. The van der Waals surface area contributed by atoms with E-state index in [-0.39, 0.29) is 23.3 Å². The molecule has 4 aliphatic carbocycles. The first kappa shape index (κ1) is 22.6. The molecule has 1 aromatic carbocycles. The summed E-state index contributed by atoms with van der Waals surface area (Å²) in [5.74, 6) is 2.85. The molecule has 3 fully saturated rings. The number of hydrogen-bond acceptors (Lipinski definition) is 3. The highest BCUT2D eigenvalue weighted by molar-refractivity contribution is 14.1. The summed E-state index contributed by atoms with van der Waals surface area (Å²) in [4.78, 5) is 25.0. The number of carbonyl (C=O) groups excluding carboxylic acids is 2. The largest absolute Gasteiger partial charge is 0.459 e. The summed E-state index contributed by atoms with van der Waals surface area (Å²) >= 11 is 2.24. The van der Waals surface area contributed by atoms with Gasteiger partial charge in [0, 0.05) is 3.57 Å². The van der Waals surface area contributed by atoms with Crippen LogP contribution < -0.4 is 0 Å². The highest BCUT2D eigenvalue weighted by atomic mass is 127. The summed E-state index contributed by atoms with van der Waals surface area (Å²) < 4.78 is 7.06. The Labute approximate surface area is 205 Å². The van der Waals surface area contributed by atoms with Gasteiger partial charge in [0.15, 0.2) is 5.78 Å². The second kappa shape index (κ2) is 8.25. The van der Waals surface area contributed by atoms with Gasteiger partial charge in [0.25, 0.3) is 0 Å². The fourth-order valence-corrected chi connectivity index (χ4v) is 8.82. The molecular formula is C28H35IO3. The lowest BCUT2D eigenvalue weighted by molar-refractivity contribution is -0.125. The number of esters is 1. The summed E-state index contributed by atoms with van der Waals surface area (Å²) in [6.45, 7) is 6.65. The Morgan fingerprint density at radius 2 is 1.88 bits per heavy atom. The Balaban J connectivity index is 1.28. The Kier molecular flexibility index (Phi) is 5.83. The van der Waals surface area contributed by atoms with Crippen molar-refractivity contribution in [3.63, 3.8) is 0 Å². The van der Waals surface area contributed by atoms with Crippen LogP contribution in [-0.4, -0.2) is 17.9 Å². The molecule has 0 heterocycles. The van der Waals surface area contributed by atoms with Gasteiger partial charge < -0.3 is 4.74 Å². The molecule has 0 unspecified atom stereocenters. The van der Waals surface area contributed by atoms with E-state index in [2.05, 4.69) is 42.5 Å². The topological polar surface area (TPSA) is 43.4 Å². The number of carbonyl (C=O) groups is 2. The number of halogens is 1. The quantitative estimate of drug-likeness (QED) is 0.303. The van der Waals surface area contributed by atoms with Gasteiger partial charge in [-0.25, -0.2) is 4.79 Å². The lowest BCUT2D eigenvalue weighted by atomic mass is 9.44. The number of Topliss-reactive ketones (excluding diaryl/α,β-unsaturated/α-hetero) is 1. The van der Waals surface area contributed by atoms with Crippen molar-refractivity contribution in [1.29, 1.82) is 0 Å². The standard InChI is InChI=1S/C28H35IO3/c1-17(30)23-9-10-24-22-8-7-19-16-21(32-26(31)18-5-4-6-20(29)15-18)11-13-27(19,2)25(22)12-14-28(23,24)3/h4-6,9,15,19,21-22,24-25H,7-8,10-14,16H2,1-3H3/t19-,21-,22-,24-,25-,27-,28+/m0/s1. The first-order valence-electron chi connectivity index (χ1n) is 12.4. The first-order valence-corrected chi connectivity index (χ1v) is 13.5. The minimum absolute atomic E-state index is 0.0429. The fourth-order valence-electron chi connectivity index (χ4n) is 8.27. The molecule has 3 nitrogen and oxygen atoms in total. The van der Waals surface area contributed by atoms with E-state index in [1.807, 2.05) is 24.3 Å². The molecule has 0 radical (unpaired) electrons. The molecule has 4 aliphatic rings. The number of rotatable bonds is 3. The molecule has 3 saturated carbocycles. The fraction of sp³-hybridized carbons (Fsp3) is 0.643. The van der Waals surface area contributed by atoms with Gasteiger partial charge in [-0.3, -0.25) is 4.79 Å². The van der Waals surface area contributed by atoms with Gasteiger partial charge in [0.2, 0.25) is 0 Å². The highest BCUT2D eigenvalue weighted by Crippen LogP contribution is 2.66. The van der Waals surface area contributed by atoms with E-state index in [0.717, 1.165) is 53.1 Å². The van der Waals surface area contributed by atoms with Crippen molar-refractivity contribution in [2.45, 2.75) is 78.2 Å². The maximum absolute atomic E-state index is 12.7. The van der Waals surface area contributed by atoms with Gasteiger partial charge in [-0.05, 0) is 139 Å². The molecule has 32 heavy (non-hydrogen) atoms. The van der Waals surface area contributed by atoms with Crippen LogP contribution in [-0.2, 0) is 9.53 Å². The van der Waals surface area contributed by atoms with Crippen molar-refractivity contribution < 1.29 is 14.3 Å². The molecule has 172 valence electrons. The van der Waals surface area contributed by atoms with Crippen LogP contribution in [0.3, 0.4) is 0 Å². The summed E-state index contributed by atoms with van der Waals surface area (Å²) in [5.41, 5.74) is 2.21. The smallest absolute Gasteiger partial charge is 0.338 e. The van der Waals surface area contributed by atoms with E-state index in [0.29, 0.717) is 22.8 Å². The van der Waals surface area contributed by atoms with Crippen LogP contribution in [0.1, 0.15) is 82.5 Å². The lowest BCUT2D eigenvalue weighted by Gasteiger charge is -2.60. The van der Waals surface area contributed by atoms with Crippen molar-refractivity contribution in [1.82, 2.24) is 0 Å². The molecule has 0 N–H and O–H groups in total. The maximum atomic E-state index is 12.7. The zero-order chi connectivity index (χ0) is 22.7. The number of allylic oxidation sites excluding steroid dienone is 2. The lowest BCUT2D eigenvalue weighted by Crippen LogP contribution is -2.54. The molecule has 7 atom stereocenters. The minimum Gasteiger partial charge on any atom is -0.459 e. The van der Waals surface area contributed by atoms with Crippen LogP contribution in [0.5, 0.6) is 0 Å². The zero-order valence-corrected chi connectivity index (χ0v) is 21.7. The van der Waals surface area contributed by atoms with Gasteiger partial charge in [0.05, 0.1) is 5.56 Å². The first-order chi connectivity index (χ1) is 15.2. The van der Waals surface area contributed by atoms with Crippen molar-refractivity contribution in [3.05, 3.63) is 45.0 Å². The predicted molar refractivity (Wildman–Crippen MR) is 134 cm³/mol. The van der Waals surface area contributed by atoms with Crippen molar-refractivity contribution >= 4 is 34.3 Å². The molecule has 0 aliphatic heterocycles. The summed E-state index contributed by atoms with van der Waals surface area (Å²) in [7, 11) is 0. The van der Waals surface area contributed by atoms with Gasteiger partial charge in [-0.15, -0.1) is 0 Å². The number of fused-ring (bicyclic) bond motifs is 5. The van der Waals surface area contributed by atoms with E-state index in [1.165, 1.54) is 19.3 Å². The minimum atomic E-state index is -0.173. The molecule has 0 bridgehead atoms. The number of ketones is 1. The van der Waals surface area contributed by atoms with E-state index in [9.17, 15) is 9.59 Å². The molecule has 4 heteroatoms. The predicted octanol–water partition coefficient (Wildman–Crippen LogP) is 6.98. The summed E-state index contributed by atoms with van der Waals surface area (Å²) in [5, 5.41) is 0. The van der Waals surface area contributed by atoms with E-state index >= 15 is 0 Å². The molecule has 0 spiro atoms. The second-order valence-electron chi connectivity index (χ2n) is 11.3. The maximum Gasteiger partial charge on any atom is 0.338 e. The molecule has 1 aromatic rings. The third-order valence-corrected chi connectivity index (χ3v) is 10.6. The Bertz CT molecular complexity index is 967. The number of ether oxygens (including phenoxy) is 1. The second-order valence-corrected chi connectivity index (χ2v) is 12.6. The molecular weight excluding hydrogens is 511 g/mol. The monoisotopic (exact) mass is 546 g/mol. The molecule has 0 amide bonds. The van der Waals surface area contributed by atoms with Crippen molar-refractivity contribution in [3.8, 4) is 0 Å².